The van der Waals surface area contributed by atoms with E-state index in [4.69, 9.17) is 0 Å². The maximum absolute atomic E-state index is 13.3. The van der Waals surface area contributed by atoms with Crippen LogP contribution in [-0.2, 0) is 11.2 Å². The lowest BCUT2D eigenvalue weighted by Gasteiger charge is -2.10. The molecule has 0 spiro atoms. The van der Waals surface area contributed by atoms with Crippen LogP contribution in [0.1, 0.15) is 33.3 Å². The third-order valence-corrected chi connectivity index (χ3v) is 5.43. The third-order valence-electron chi connectivity index (χ3n) is 4.38. The summed E-state index contributed by atoms with van der Waals surface area (Å²) in [6.07, 6.45) is 1.39. The van der Waals surface area contributed by atoms with E-state index in [0.717, 1.165) is 11.3 Å². The maximum atomic E-state index is 13.3. The number of nitrogens with one attached hydrogen (secondary N) is 2. The molecule has 0 radical (unpaired) electrons. The van der Waals surface area contributed by atoms with E-state index < -0.39 is 11.7 Å². The predicted molar refractivity (Wildman–Crippen MR) is 103 cm³/mol. The number of amides is 2. The van der Waals surface area contributed by atoms with Gasteiger partial charge < -0.3 is 5.32 Å². The number of carbonyl (C=O) groups is 2. The lowest BCUT2D eigenvalue weighted by atomic mass is 10.1. The van der Waals surface area contributed by atoms with Crippen LogP contribution in [-0.4, -0.2) is 16.8 Å². The maximum Gasteiger partial charge on any atom is 0.257 e. The van der Waals surface area contributed by atoms with Crippen molar-refractivity contribution >= 4 is 34.0 Å². The molecule has 2 N–H and O–H groups in total. The SMILES string of the molecule is O=C(Nc1nc2c(s1)CC[C@@H]2C(=O)Nc1cccc(F)c1)c1ccccc1. The van der Waals surface area contributed by atoms with Crippen molar-refractivity contribution < 1.29 is 14.0 Å². The van der Waals surface area contributed by atoms with E-state index in [2.05, 4.69) is 15.6 Å². The average Bonchev–Trinajstić information content (AvgIpc) is 3.22. The minimum atomic E-state index is -0.403. The molecule has 5 nitrogen and oxygen atoms in total. The van der Waals surface area contributed by atoms with Crippen LogP contribution >= 0.6 is 11.3 Å². The average molecular weight is 381 g/mol. The largest absolute Gasteiger partial charge is 0.325 e. The van der Waals surface area contributed by atoms with E-state index in [9.17, 15) is 14.0 Å². The Balaban J connectivity index is 1.47. The van der Waals surface area contributed by atoms with Gasteiger partial charge in [0.15, 0.2) is 5.13 Å². The second kappa shape index (κ2) is 7.28. The molecule has 0 bridgehead atoms. The number of halogens is 1. The molecule has 2 amide bonds. The minimum Gasteiger partial charge on any atom is -0.325 e. The van der Waals surface area contributed by atoms with Crippen LogP contribution in [0.2, 0.25) is 0 Å². The van der Waals surface area contributed by atoms with Crippen LogP contribution in [0, 0.1) is 5.82 Å². The lowest BCUT2D eigenvalue weighted by Crippen LogP contribution is -2.20. The van der Waals surface area contributed by atoms with Gasteiger partial charge >= 0.3 is 0 Å². The Labute approximate surface area is 159 Å². The van der Waals surface area contributed by atoms with E-state index in [1.165, 1.54) is 23.5 Å². The third kappa shape index (κ3) is 3.73. The van der Waals surface area contributed by atoms with Crippen LogP contribution < -0.4 is 10.6 Å². The first kappa shape index (κ1) is 17.4. The van der Waals surface area contributed by atoms with Crippen molar-refractivity contribution in [1.82, 2.24) is 4.98 Å². The molecule has 0 unspecified atom stereocenters. The Morgan fingerprint density at radius 3 is 2.67 bits per heavy atom. The molecule has 3 aromatic rings. The highest BCUT2D eigenvalue weighted by Gasteiger charge is 2.33. The van der Waals surface area contributed by atoms with Crippen LogP contribution in [0.5, 0.6) is 0 Å². The summed E-state index contributed by atoms with van der Waals surface area (Å²) in [5.74, 6) is -1.25. The molecule has 0 saturated heterocycles. The molecular weight excluding hydrogens is 365 g/mol. The van der Waals surface area contributed by atoms with Gasteiger partial charge in [0, 0.05) is 16.1 Å². The Kier molecular flexibility index (Phi) is 4.68. The van der Waals surface area contributed by atoms with Crippen molar-refractivity contribution in [3.8, 4) is 0 Å². The number of anilines is 2. The van der Waals surface area contributed by atoms with Gasteiger partial charge in [0.2, 0.25) is 5.91 Å². The summed E-state index contributed by atoms with van der Waals surface area (Å²) in [4.78, 5) is 30.3. The molecule has 1 aromatic heterocycles. The van der Waals surface area contributed by atoms with Gasteiger partial charge in [-0.3, -0.25) is 14.9 Å². The molecule has 4 rings (SSSR count). The van der Waals surface area contributed by atoms with Crippen molar-refractivity contribution in [2.75, 3.05) is 10.6 Å². The van der Waals surface area contributed by atoms with E-state index in [0.29, 0.717) is 28.5 Å². The van der Waals surface area contributed by atoms with Crippen LogP contribution in [0.4, 0.5) is 15.2 Å². The number of benzene rings is 2. The number of nitrogens with zero attached hydrogens (tertiary/aromatic N) is 1. The number of aromatic nitrogens is 1. The molecule has 1 heterocycles. The molecule has 1 aliphatic rings. The van der Waals surface area contributed by atoms with Crippen molar-refractivity contribution in [2.45, 2.75) is 18.8 Å². The fraction of sp³-hybridized carbons (Fsp3) is 0.150. The normalized spacial score (nSPS) is 15.2. The quantitative estimate of drug-likeness (QED) is 0.711. The predicted octanol–water partition coefficient (Wildman–Crippen LogP) is 4.20. The molecule has 0 saturated carbocycles. The fourth-order valence-corrected chi connectivity index (χ4v) is 4.12. The number of carbonyl (C=O) groups excluding carboxylic acids is 2. The number of hydrogen-bond donors (Lipinski definition) is 2. The monoisotopic (exact) mass is 381 g/mol. The Hall–Kier alpha value is -3.06. The zero-order valence-electron chi connectivity index (χ0n) is 14.2. The first-order chi connectivity index (χ1) is 13.1. The van der Waals surface area contributed by atoms with Gasteiger partial charge in [0.05, 0.1) is 11.6 Å². The van der Waals surface area contributed by atoms with E-state index in [1.807, 2.05) is 6.07 Å². The summed E-state index contributed by atoms with van der Waals surface area (Å²) in [7, 11) is 0. The van der Waals surface area contributed by atoms with Crippen LogP contribution in [0.15, 0.2) is 54.6 Å². The van der Waals surface area contributed by atoms with Gasteiger partial charge in [-0.1, -0.05) is 24.3 Å². The van der Waals surface area contributed by atoms with Crippen molar-refractivity contribution in [3.05, 3.63) is 76.5 Å². The first-order valence-corrected chi connectivity index (χ1v) is 9.34. The Morgan fingerprint density at radius 2 is 1.89 bits per heavy atom. The van der Waals surface area contributed by atoms with E-state index in [-0.39, 0.29) is 11.8 Å². The number of hydrogen-bond acceptors (Lipinski definition) is 4. The summed E-state index contributed by atoms with van der Waals surface area (Å²) in [5, 5.41) is 6.01. The molecule has 0 fully saturated rings. The van der Waals surface area contributed by atoms with Gasteiger partial charge in [0.1, 0.15) is 5.82 Å². The fourth-order valence-electron chi connectivity index (χ4n) is 3.09. The molecule has 2 aromatic carbocycles. The van der Waals surface area contributed by atoms with Crippen LogP contribution in [0.3, 0.4) is 0 Å². The zero-order chi connectivity index (χ0) is 18.8. The summed E-state index contributed by atoms with van der Waals surface area (Å²) in [6, 6.07) is 14.7. The molecule has 136 valence electrons. The van der Waals surface area contributed by atoms with Gasteiger partial charge in [-0.25, -0.2) is 9.37 Å². The molecule has 0 aliphatic heterocycles. The molecule has 1 aliphatic carbocycles. The minimum absolute atomic E-state index is 0.217. The van der Waals surface area contributed by atoms with Gasteiger partial charge in [-0.05, 0) is 43.2 Å². The Bertz CT molecular complexity index is 1000. The van der Waals surface area contributed by atoms with Crippen molar-refractivity contribution in [1.29, 1.82) is 0 Å². The highest BCUT2D eigenvalue weighted by atomic mass is 32.1. The molecule has 27 heavy (non-hydrogen) atoms. The van der Waals surface area contributed by atoms with Gasteiger partial charge in [-0.15, -0.1) is 11.3 Å². The second-order valence-corrected chi connectivity index (χ2v) is 7.32. The highest BCUT2D eigenvalue weighted by molar-refractivity contribution is 7.16. The number of aryl methyl sites for hydroxylation is 1. The standard InChI is InChI=1S/C20H16FN3O2S/c21-13-7-4-8-14(11-13)22-19(26)15-9-10-16-17(15)23-20(27-16)24-18(25)12-5-2-1-3-6-12/h1-8,11,15H,9-10H2,(H,22,26)(H,23,24,25)/t15-/m0/s1. The number of thiazole rings is 1. The molecule has 7 heteroatoms. The van der Waals surface area contributed by atoms with E-state index in [1.54, 1.807) is 36.4 Å². The second-order valence-electron chi connectivity index (χ2n) is 6.24. The number of fused-ring (bicyclic) bond motifs is 1. The van der Waals surface area contributed by atoms with E-state index >= 15 is 0 Å². The van der Waals surface area contributed by atoms with Crippen molar-refractivity contribution in [3.63, 3.8) is 0 Å². The van der Waals surface area contributed by atoms with Crippen molar-refractivity contribution in [2.24, 2.45) is 0 Å². The smallest absolute Gasteiger partial charge is 0.257 e. The van der Waals surface area contributed by atoms with Gasteiger partial charge in [0.25, 0.3) is 5.91 Å². The summed E-state index contributed by atoms with van der Waals surface area (Å²) in [6.45, 7) is 0. The summed E-state index contributed by atoms with van der Waals surface area (Å²) < 4.78 is 13.3. The zero-order valence-corrected chi connectivity index (χ0v) is 15.1. The molecular formula is C20H16FN3O2S. The molecule has 1 atom stereocenters. The number of rotatable bonds is 4. The topological polar surface area (TPSA) is 71.1 Å². The lowest BCUT2D eigenvalue weighted by molar-refractivity contribution is -0.117. The first-order valence-electron chi connectivity index (χ1n) is 8.52. The van der Waals surface area contributed by atoms with Crippen LogP contribution in [0.25, 0.3) is 0 Å². The Morgan fingerprint density at radius 1 is 1.07 bits per heavy atom. The summed E-state index contributed by atoms with van der Waals surface area (Å²) >= 11 is 1.39. The highest BCUT2D eigenvalue weighted by Crippen LogP contribution is 2.39. The van der Waals surface area contributed by atoms with Gasteiger partial charge in [-0.2, -0.15) is 0 Å². The summed E-state index contributed by atoms with van der Waals surface area (Å²) in [5.41, 5.74) is 1.66.